The van der Waals surface area contributed by atoms with Crippen molar-refractivity contribution in [3.8, 4) is 0 Å². The highest BCUT2D eigenvalue weighted by atomic mass is 32.3. The van der Waals surface area contributed by atoms with Gasteiger partial charge in [0.25, 0.3) is 0 Å². The van der Waals surface area contributed by atoms with E-state index in [1.807, 2.05) is 0 Å². The minimum Gasteiger partial charge on any atom is -0.444 e. The number of rotatable bonds is 19. The summed E-state index contributed by atoms with van der Waals surface area (Å²) in [5.41, 5.74) is -1.97. The van der Waals surface area contributed by atoms with Gasteiger partial charge in [-0.25, -0.2) is 14.4 Å². The Morgan fingerprint density at radius 3 is 2.02 bits per heavy atom. The van der Waals surface area contributed by atoms with Crippen LogP contribution in [0.15, 0.2) is 4.42 Å². The van der Waals surface area contributed by atoms with Crippen LogP contribution in [0.25, 0.3) is 0 Å². The fourth-order valence-corrected chi connectivity index (χ4v) is 8.64. The monoisotopic (exact) mass is 813 g/mol. The molecule has 3 aliphatic heterocycles. The van der Waals surface area contributed by atoms with Crippen LogP contribution < -0.4 is 5.32 Å². The highest BCUT2D eigenvalue weighted by molar-refractivity contribution is 7.81. The molecule has 0 aliphatic carbocycles. The van der Waals surface area contributed by atoms with E-state index in [2.05, 4.69) is 43.2 Å². The summed E-state index contributed by atoms with van der Waals surface area (Å²) in [6.45, 7) is 19.7. The maximum Gasteiger partial charge on any atom is 0.437 e. The molecule has 56 heavy (non-hydrogen) atoms. The van der Waals surface area contributed by atoms with E-state index in [0.717, 1.165) is 69.3 Å². The van der Waals surface area contributed by atoms with Crippen molar-refractivity contribution in [2.24, 2.45) is 0 Å². The second kappa shape index (κ2) is 19.0. The third-order valence-corrected chi connectivity index (χ3v) is 11.0. The molecular weight excluding hydrogens is 747 g/mol. The van der Waals surface area contributed by atoms with E-state index in [1.165, 1.54) is 9.80 Å². The largest absolute Gasteiger partial charge is 0.444 e. The predicted octanol–water partition coefficient (Wildman–Crippen LogP) is 7.72. The maximum atomic E-state index is 13.9. The number of fused-ring (bicyclic) bond motifs is 2. The molecule has 0 saturated carbocycles. The Kier molecular flexibility index (Phi) is 15.4. The van der Waals surface area contributed by atoms with Gasteiger partial charge in [0.2, 0.25) is 11.8 Å². The van der Waals surface area contributed by atoms with E-state index in [-0.39, 0.29) is 31.3 Å². The van der Waals surface area contributed by atoms with E-state index >= 15 is 0 Å². The molecule has 320 valence electrons. The minimum atomic E-state index is -4.69. The number of nitrogens with one attached hydrogen (secondary N) is 1. The maximum absolute atomic E-state index is 13.9. The molecule has 0 aromatic carbocycles. The molecule has 4 heterocycles. The molecule has 17 nitrogen and oxygen atoms in total. The first-order valence-corrected chi connectivity index (χ1v) is 21.9. The van der Waals surface area contributed by atoms with Gasteiger partial charge >= 0.3 is 28.6 Å². The van der Waals surface area contributed by atoms with Crippen molar-refractivity contribution >= 4 is 28.6 Å². The highest BCUT2D eigenvalue weighted by Crippen LogP contribution is 2.41. The van der Waals surface area contributed by atoms with Crippen molar-refractivity contribution in [3.63, 3.8) is 0 Å². The number of likely N-dealkylation sites (tertiary alicyclic amines) is 1. The second-order valence-corrected chi connectivity index (χ2v) is 18.5. The lowest BCUT2D eigenvalue weighted by Gasteiger charge is -2.43. The molecule has 0 spiro atoms. The molecule has 3 saturated heterocycles. The molecule has 1 aromatic heterocycles. The fraction of sp³-hybridized carbons (Fsp3) is 0.868. The predicted molar refractivity (Wildman–Crippen MR) is 207 cm³/mol. The minimum absolute atomic E-state index is 0.113. The van der Waals surface area contributed by atoms with Gasteiger partial charge in [-0.3, -0.25) is 4.90 Å². The number of aromatic nitrogens is 2. The van der Waals surface area contributed by atoms with E-state index in [4.69, 9.17) is 22.5 Å². The fourth-order valence-electron chi connectivity index (χ4n) is 7.78. The van der Waals surface area contributed by atoms with Crippen molar-refractivity contribution in [3.05, 3.63) is 11.8 Å². The first-order valence-electron chi connectivity index (χ1n) is 20.6. The van der Waals surface area contributed by atoms with Crippen LogP contribution in [0, 0.1) is 0 Å². The van der Waals surface area contributed by atoms with Crippen molar-refractivity contribution in [2.45, 2.75) is 194 Å². The summed E-state index contributed by atoms with van der Waals surface area (Å²) in [4.78, 5) is 42.7. The molecule has 0 radical (unpaired) electrons. The topological polar surface area (TPSA) is 186 Å². The van der Waals surface area contributed by atoms with Gasteiger partial charge in [-0.15, -0.1) is 14.5 Å². The summed E-state index contributed by atoms with van der Waals surface area (Å²) in [6.07, 6.45) is 8.45. The molecule has 4 atom stereocenters. The van der Waals surface area contributed by atoms with Crippen molar-refractivity contribution < 1.29 is 45.3 Å². The summed E-state index contributed by atoms with van der Waals surface area (Å²) >= 11 is 0. The molecule has 1 N–H and O–H groups in total. The number of carbonyl (C=O) groups is 3. The molecule has 3 fully saturated rings. The summed E-state index contributed by atoms with van der Waals surface area (Å²) in [5.74, 6) is 0.258. The lowest BCUT2D eigenvalue weighted by molar-refractivity contribution is -0.172. The summed E-state index contributed by atoms with van der Waals surface area (Å²) in [5, 5.41) is 13.9. The van der Waals surface area contributed by atoms with Gasteiger partial charge in [0.1, 0.15) is 23.3 Å². The number of ether oxygens (including phenoxy) is 2. The summed E-state index contributed by atoms with van der Waals surface area (Å²) < 4.78 is 56.1. The van der Waals surface area contributed by atoms with Gasteiger partial charge in [-0.1, -0.05) is 66.2 Å². The van der Waals surface area contributed by atoms with Crippen LogP contribution in [0.4, 0.5) is 14.4 Å². The number of urea groups is 1. The van der Waals surface area contributed by atoms with Gasteiger partial charge in [0.15, 0.2) is 0 Å². The Bertz CT molecular complexity index is 1570. The number of unbranched alkanes of at least 4 members (excludes halogenated alkanes) is 3. The van der Waals surface area contributed by atoms with Crippen LogP contribution >= 0.6 is 0 Å². The number of piperidine rings is 1. The zero-order valence-electron chi connectivity index (χ0n) is 35.3. The van der Waals surface area contributed by atoms with Crippen molar-refractivity contribution in [1.82, 2.24) is 35.4 Å². The summed E-state index contributed by atoms with van der Waals surface area (Å²) in [7, 11) is -4.69. The molecule has 4 amide bonds. The Morgan fingerprint density at radius 2 is 1.45 bits per heavy atom. The van der Waals surface area contributed by atoms with Gasteiger partial charge in [0.05, 0.1) is 12.1 Å². The number of alkyl carbamates (subject to hydrolysis) is 1. The number of hydrogen-bond acceptors (Lipinski definition) is 13. The van der Waals surface area contributed by atoms with Crippen molar-refractivity contribution in [2.75, 3.05) is 19.6 Å². The van der Waals surface area contributed by atoms with Crippen molar-refractivity contribution in [1.29, 1.82) is 0 Å². The van der Waals surface area contributed by atoms with E-state index in [1.54, 1.807) is 46.6 Å². The first kappa shape index (κ1) is 45.5. The van der Waals surface area contributed by atoms with Crippen LogP contribution in [0.2, 0.25) is 0 Å². The van der Waals surface area contributed by atoms with Gasteiger partial charge in [-0.05, 0) is 86.5 Å². The molecule has 4 rings (SSSR count). The van der Waals surface area contributed by atoms with E-state index in [9.17, 15) is 22.8 Å². The first-order chi connectivity index (χ1) is 26.2. The zero-order chi connectivity index (χ0) is 41.5. The smallest absolute Gasteiger partial charge is 0.437 e. The third kappa shape index (κ3) is 11.9. The number of carbonyl (C=O) groups excluding carboxylic acids is 3. The third-order valence-electron chi connectivity index (χ3n) is 10.3. The normalized spacial score (nSPS) is 22.0. The van der Waals surface area contributed by atoms with Crippen LogP contribution in [0.5, 0.6) is 0 Å². The van der Waals surface area contributed by atoms with Gasteiger partial charge < -0.3 is 24.1 Å². The van der Waals surface area contributed by atoms with Crippen LogP contribution in [0.1, 0.15) is 177 Å². The number of nitrogens with zero attached hydrogens (tertiary/aromatic N) is 6. The molecule has 1 aromatic rings. The molecule has 18 heteroatoms. The SMILES string of the molecule is CCCCN(OS(=O)(=O)ON1C(=O)N2C[C@@H]1CC[C@H]2c1nnc([C@H]2C[C@H](NC(=O)OC(C)(C)C)CN2C(=O)OC(C)(C)C)o1)C(CCC)(CCCC)CCCC. The Hall–Kier alpha value is -3.22. The van der Waals surface area contributed by atoms with Crippen LogP contribution in [-0.4, -0.2) is 105 Å². The molecule has 2 bridgehead atoms. The van der Waals surface area contributed by atoms with Gasteiger partial charge in [-0.2, -0.15) is 22.8 Å². The van der Waals surface area contributed by atoms with Crippen LogP contribution in [0.3, 0.4) is 0 Å². The number of amides is 4. The van der Waals surface area contributed by atoms with E-state index < -0.39 is 69.5 Å². The lowest BCUT2D eigenvalue weighted by atomic mass is 9.82. The molecule has 0 unspecified atom stereocenters. The number of hydrogen-bond donors (Lipinski definition) is 1. The lowest BCUT2D eigenvalue weighted by Crippen LogP contribution is -2.51. The standard InChI is InChI=1S/C38H67N7O10S/c1-11-15-21-38(20-14-4,22-16-12-2)44(23-17-13-3)54-56(49,50)55-45-28-18-19-29(42(26-28)34(45)47)31-40-41-32(51-31)30-24-27(39-33(46)52-36(5,6)7)25-43(30)35(48)53-37(8,9)10/h27-30H,11-26H2,1-10H3,(H,39,46)/t27-,28-,29-,30+/m0/s1. The number of hydroxylamine groups is 4. The highest BCUT2D eigenvalue weighted by Gasteiger charge is 2.51. The Morgan fingerprint density at radius 1 is 0.839 bits per heavy atom. The second-order valence-electron chi connectivity index (χ2n) is 17.4. The summed E-state index contributed by atoms with van der Waals surface area (Å²) in [6, 6.07) is -3.08. The average Bonchev–Trinajstić information content (AvgIpc) is 3.81. The van der Waals surface area contributed by atoms with Crippen LogP contribution in [-0.2, 0) is 28.4 Å². The molecular formula is C38H67N7O10S. The Labute approximate surface area is 333 Å². The van der Waals surface area contributed by atoms with E-state index in [0.29, 0.717) is 19.4 Å². The Balaban J connectivity index is 1.51. The van der Waals surface area contributed by atoms with Gasteiger partial charge in [0, 0.05) is 25.2 Å². The zero-order valence-corrected chi connectivity index (χ0v) is 36.1. The molecule has 3 aliphatic rings. The average molecular weight is 814 g/mol. The quantitative estimate of drug-likeness (QED) is 0.134.